The Labute approximate surface area is 176 Å². The van der Waals surface area contributed by atoms with Gasteiger partial charge in [0.05, 0.1) is 25.5 Å². The zero-order valence-corrected chi connectivity index (χ0v) is 17.3. The van der Waals surface area contributed by atoms with Crippen LogP contribution < -0.4 is 5.32 Å². The van der Waals surface area contributed by atoms with Crippen molar-refractivity contribution in [2.24, 2.45) is 0 Å². The molecule has 0 aromatic carbocycles. The van der Waals surface area contributed by atoms with E-state index in [0.29, 0.717) is 30.0 Å². The fourth-order valence-electron chi connectivity index (χ4n) is 3.43. The number of ether oxygens (including phenoxy) is 1. The van der Waals surface area contributed by atoms with E-state index in [4.69, 9.17) is 14.4 Å². The molecule has 4 rings (SSSR count). The number of hydrogen-bond donors (Lipinski definition) is 2. The second-order valence-electron chi connectivity index (χ2n) is 6.83. The first kappa shape index (κ1) is 20.5. The van der Waals surface area contributed by atoms with Crippen LogP contribution in [-0.4, -0.2) is 64.8 Å². The van der Waals surface area contributed by atoms with Gasteiger partial charge in [-0.05, 0) is 12.5 Å². The van der Waals surface area contributed by atoms with Crippen LogP contribution in [0.15, 0.2) is 28.9 Å². The van der Waals surface area contributed by atoms with Crippen molar-refractivity contribution in [1.29, 1.82) is 0 Å². The molecule has 3 aromatic heterocycles. The van der Waals surface area contributed by atoms with Crippen molar-refractivity contribution < 1.29 is 24.0 Å². The molecule has 158 valence electrons. The van der Waals surface area contributed by atoms with Gasteiger partial charge in [0, 0.05) is 36.3 Å². The summed E-state index contributed by atoms with van der Waals surface area (Å²) >= 11 is 1.27. The minimum Gasteiger partial charge on any atom is -0.395 e. The summed E-state index contributed by atoms with van der Waals surface area (Å²) in [6, 6.07) is 5.36. The Hall–Kier alpha value is -2.82. The normalized spacial score (nSPS) is 16.7. The molecule has 1 saturated heterocycles. The lowest BCUT2D eigenvalue weighted by molar-refractivity contribution is -0.0234. The Morgan fingerprint density at radius 2 is 2.30 bits per heavy atom. The molecule has 1 fully saturated rings. The highest BCUT2D eigenvalue weighted by Gasteiger charge is 2.33. The molecule has 1 unspecified atom stereocenters. The van der Waals surface area contributed by atoms with Crippen LogP contribution in [0.1, 0.15) is 44.5 Å². The van der Waals surface area contributed by atoms with Crippen LogP contribution >= 0.6 is 11.3 Å². The van der Waals surface area contributed by atoms with E-state index in [9.17, 15) is 9.59 Å². The lowest BCUT2D eigenvalue weighted by Gasteiger charge is -2.32. The van der Waals surface area contributed by atoms with Crippen LogP contribution in [-0.2, 0) is 11.2 Å². The van der Waals surface area contributed by atoms with Crippen molar-refractivity contribution in [1.82, 2.24) is 20.4 Å². The number of aryl methyl sites for hydroxylation is 1. The fourth-order valence-corrected chi connectivity index (χ4v) is 4.54. The summed E-state index contributed by atoms with van der Waals surface area (Å²) in [5.41, 5.74) is 1.43. The summed E-state index contributed by atoms with van der Waals surface area (Å²) in [4.78, 5) is 32.8. The molecule has 2 N–H and O–H groups in total. The van der Waals surface area contributed by atoms with Crippen LogP contribution in [0, 0.1) is 0 Å². The van der Waals surface area contributed by atoms with Crippen molar-refractivity contribution in [2.45, 2.75) is 19.4 Å². The summed E-state index contributed by atoms with van der Waals surface area (Å²) in [5, 5.41) is 16.4. The number of pyridine rings is 1. The average molecular weight is 430 g/mol. The van der Waals surface area contributed by atoms with Crippen molar-refractivity contribution >= 4 is 33.4 Å². The van der Waals surface area contributed by atoms with Gasteiger partial charge in [-0.1, -0.05) is 18.1 Å². The van der Waals surface area contributed by atoms with Crippen molar-refractivity contribution in [3.63, 3.8) is 0 Å². The summed E-state index contributed by atoms with van der Waals surface area (Å²) in [6.45, 7) is 2.98. The SMILES string of the molecule is CCc1cc(C(=O)N2CCOC(c3c(C(=O)NCCO)sc4ncccc34)C2)on1. The van der Waals surface area contributed by atoms with Gasteiger partial charge in [0.15, 0.2) is 0 Å². The van der Waals surface area contributed by atoms with Gasteiger partial charge in [0.1, 0.15) is 15.8 Å². The highest BCUT2D eigenvalue weighted by molar-refractivity contribution is 7.20. The van der Waals surface area contributed by atoms with Crippen LogP contribution in [0.25, 0.3) is 10.2 Å². The maximum atomic E-state index is 12.9. The third-order valence-electron chi connectivity index (χ3n) is 4.92. The predicted octanol–water partition coefficient (Wildman–Crippen LogP) is 1.78. The molecule has 0 bridgehead atoms. The summed E-state index contributed by atoms with van der Waals surface area (Å²) in [7, 11) is 0. The molecule has 1 atom stereocenters. The zero-order valence-electron chi connectivity index (χ0n) is 16.5. The third-order valence-corrected chi connectivity index (χ3v) is 6.04. The lowest BCUT2D eigenvalue weighted by atomic mass is 10.0. The number of thiophene rings is 1. The number of aliphatic hydroxyl groups excluding tert-OH is 1. The van der Waals surface area contributed by atoms with E-state index in [1.807, 2.05) is 13.0 Å². The number of nitrogens with zero attached hydrogens (tertiary/aromatic N) is 3. The van der Waals surface area contributed by atoms with Gasteiger partial charge in [0.2, 0.25) is 5.76 Å². The van der Waals surface area contributed by atoms with Crippen molar-refractivity contribution in [3.05, 3.63) is 46.3 Å². The van der Waals surface area contributed by atoms with Crippen LogP contribution in [0.3, 0.4) is 0 Å². The largest absolute Gasteiger partial charge is 0.395 e. The molecular weight excluding hydrogens is 408 g/mol. The number of carbonyl (C=O) groups excluding carboxylic acids is 2. The molecule has 2 amide bonds. The minimum atomic E-state index is -0.482. The molecule has 1 aliphatic rings. The number of fused-ring (bicyclic) bond motifs is 1. The molecule has 3 aromatic rings. The number of morpholine rings is 1. The van der Waals surface area contributed by atoms with E-state index in [0.717, 1.165) is 15.9 Å². The Bertz CT molecular complexity index is 1060. The Kier molecular flexibility index (Phi) is 6.07. The number of carbonyl (C=O) groups is 2. The van der Waals surface area contributed by atoms with E-state index in [2.05, 4.69) is 15.5 Å². The quantitative estimate of drug-likeness (QED) is 0.612. The Morgan fingerprint density at radius 3 is 3.07 bits per heavy atom. The van der Waals surface area contributed by atoms with Gasteiger partial charge in [-0.25, -0.2) is 4.98 Å². The maximum Gasteiger partial charge on any atom is 0.292 e. The monoisotopic (exact) mass is 430 g/mol. The minimum absolute atomic E-state index is 0.149. The summed E-state index contributed by atoms with van der Waals surface area (Å²) in [5.74, 6) is -0.346. The van der Waals surface area contributed by atoms with Crippen LogP contribution in [0.4, 0.5) is 0 Å². The van der Waals surface area contributed by atoms with Crippen LogP contribution in [0.2, 0.25) is 0 Å². The van der Waals surface area contributed by atoms with E-state index in [1.165, 1.54) is 11.3 Å². The molecule has 0 spiro atoms. The first-order valence-corrected chi connectivity index (χ1v) is 10.6. The second kappa shape index (κ2) is 8.90. The zero-order chi connectivity index (χ0) is 21.1. The standard InChI is InChI=1S/C20H22N4O5S/c1-2-12-10-14(29-23-12)20(27)24-7-9-28-15(11-24)16-13-4-3-5-22-19(13)30-17(16)18(26)21-6-8-25/h3-5,10,15,25H,2,6-9,11H2,1H3,(H,21,26). The highest BCUT2D eigenvalue weighted by atomic mass is 32.1. The van der Waals surface area contributed by atoms with Gasteiger partial charge < -0.3 is 24.6 Å². The Morgan fingerprint density at radius 1 is 1.43 bits per heavy atom. The van der Waals surface area contributed by atoms with Gasteiger partial charge in [-0.3, -0.25) is 9.59 Å². The molecule has 1 aliphatic heterocycles. The van der Waals surface area contributed by atoms with Gasteiger partial charge >= 0.3 is 0 Å². The van der Waals surface area contributed by atoms with Crippen LogP contribution in [0.5, 0.6) is 0 Å². The fraction of sp³-hybridized carbons (Fsp3) is 0.400. The van der Waals surface area contributed by atoms with E-state index >= 15 is 0 Å². The molecule has 4 heterocycles. The molecule has 30 heavy (non-hydrogen) atoms. The smallest absolute Gasteiger partial charge is 0.292 e. The summed E-state index contributed by atoms with van der Waals surface area (Å²) in [6.07, 6.45) is 1.87. The van der Waals surface area contributed by atoms with Crippen molar-refractivity contribution in [2.75, 3.05) is 32.8 Å². The second-order valence-corrected chi connectivity index (χ2v) is 7.83. The lowest BCUT2D eigenvalue weighted by Crippen LogP contribution is -2.42. The molecule has 0 aliphatic carbocycles. The first-order chi connectivity index (χ1) is 14.6. The van der Waals surface area contributed by atoms with Gasteiger partial charge in [-0.2, -0.15) is 0 Å². The highest BCUT2D eigenvalue weighted by Crippen LogP contribution is 2.37. The number of aromatic nitrogens is 2. The third kappa shape index (κ3) is 3.93. The number of nitrogens with one attached hydrogen (secondary N) is 1. The number of rotatable bonds is 6. The van der Waals surface area contributed by atoms with E-state index in [-0.39, 0.29) is 37.3 Å². The number of amides is 2. The molecule has 9 nitrogen and oxygen atoms in total. The molecule has 0 radical (unpaired) electrons. The van der Waals surface area contributed by atoms with Crippen molar-refractivity contribution in [3.8, 4) is 0 Å². The first-order valence-electron chi connectivity index (χ1n) is 9.75. The number of aliphatic hydroxyl groups is 1. The summed E-state index contributed by atoms with van der Waals surface area (Å²) < 4.78 is 11.2. The van der Waals surface area contributed by atoms with Gasteiger partial charge in [0.25, 0.3) is 11.8 Å². The number of hydrogen-bond acceptors (Lipinski definition) is 8. The topological polar surface area (TPSA) is 118 Å². The van der Waals surface area contributed by atoms with E-state index < -0.39 is 6.10 Å². The molecule has 10 heteroatoms. The van der Waals surface area contributed by atoms with E-state index in [1.54, 1.807) is 23.2 Å². The maximum absolute atomic E-state index is 12.9. The predicted molar refractivity (Wildman–Crippen MR) is 110 cm³/mol. The van der Waals surface area contributed by atoms with Gasteiger partial charge in [-0.15, -0.1) is 11.3 Å². The molecule has 0 saturated carbocycles. The Balaban J connectivity index is 1.64. The average Bonchev–Trinajstić information content (AvgIpc) is 3.42. The molecular formula is C20H22N4O5S.